The van der Waals surface area contributed by atoms with Crippen molar-refractivity contribution in [1.82, 2.24) is 14.9 Å². The van der Waals surface area contributed by atoms with Crippen molar-refractivity contribution in [2.24, 2.45) is 0 Å². The predicted octanol–water partition coefficient (Wildman–Crippen LogP) is 3.86. The normalized spacial score (nSPS) is 18.8. The molecule has 6 nitrogen and oxygen atoms in total. The molecule has 0 spiro atoms. The van der Waals surface area contributed by atoms with Crippen LogP contribution >= 0.6 is 0 Å². The second-order valence-corrected chi connectivity index (χ2v) is 8.38. The van der Waals surface area contributed by atoms with Crippen LogP contribution in [0, 0.1) is 6.92 Å². The van der Waals surface area contributed by atoms with Gasteiger partial charge in [-0.3, -0.25) is 4.79 Å². The summed E-state index contributed by atoms with van der Waals surface area (Å²) in [7, 11) is 1.70. The number of ether oxygens (including phenoxy) is 1. The summed E-state index contributed by atoms with van der Waals surface area (Å²) < 4.78 is 5.39. The fourth-order valence-corrected chi connectivity index (χ4v) is 4.67. The fourth-order valence-electron chi connectivity index (χ4n) is 4.67. The lowest BCUT2D eigenvalue weighted by atomic mass is 9.95. The topological polar surface area (TPSA) is 58.6 Å². The van der Waals surface area contributed by atoms with Crippen LogP contribution in [0.2, 0.25) is 0 Å². The minimum atomic E-state index is 0.221. The Morgan fingerprint density at radius 1 is 1.23 bits per heavy atom. The molecule has 0 bridgehead atoms. The van der Waals surface area contributed by atoms with Crippen LogP contribution in [0.25, 0.3) is 0 Å². The molecule has 1 unspecified atom stereocenters. The molecule has 160 valence electrons. The van der Waals surface area contributed by atoms with Gasteiger partial charge in [0.25, 0.3) is 0 Å². The molecule has 2 aromatic rings. The molecule has 1 amide bonds. The number of rotatable bonds is 5. The van der Waals surface area contributed by atoms with Gasteiger partial charge in [-0.25, -0.2) is 9.97 Å². The van der Waals surface area contributed by atoms with Gasteiger partial charge in [0, 0.05) is 49.8 Å². The summed E-state index contributed by atoms with van der Waals surface area (Å²) in [6.07, 6.45) is 4.76. The van der Waals surface area contributed by atoms with Crippen LogP contribution in [0.15, 0.2) is 24.3 Å². The molecule has 6 heteroatoms. The van der Waals surface area contributed by atoms with E-state index in [0.717, 1.165) is 74.9 Å². The summed E-state index contributed by atoms with van der Waals surface area (Å²) in [5.74, 6) is 3.31. The quantitative estimate of drug-likeness (QED) is 0.752. The molecule has 1 saturated heterocycles. The number of aryl methyl sites for hydroxylation is 1. The van der Waals surface area contributed by atoms with Crippen molar-refractivity contribution in [2.45, 2.75) is 58.4 Å². The second-order valence-electron chi connectivity index (χ2n) is 8.38. The molecule has 0 radical (unpaired) electrons. The van der Waals surface area contributed by atoms with Crippen molar-refractivity contribution < 1.29 is 9.53 Å². The number of nitrogens with zero attached hydrogens (tertiary/aromatic N) is 4. The van der Waals surface area contributed by atoms with Gasteiger partial charge in [0.2, 0.25) is 5.91 Å². The van der Waals surface area contributed by atoms with Crippen molar-refractivity contribution in [3.8, 4) is 5.75 Å². The van der Waals surface area contributed by atoms with Crippen molar-refractivity contribution >= 4 is 11.7 Å². The van der Waals surface area contributed by atoms with Crippen molar-refractivity contribution in [3.63, 3.8) is 0 Å². The summed E-state index contributed by atoms with van der Waals surface area (Å²) in [5.41, 5.74) is 3.58. The average molecular weight is 409 g/mol. The van der Waals surface area contributed by atoms with Crippen LogP contribution in [-0.2, 0) is 17.8 Å². The maximum Gasteiger partial charge on any atom is 0.222 e. The molecule has 0 aliphatic carbocycles. The highest BCUT2D eigenvalue weighted by atomic mass is 16.5. The van der Waals surface area contributed by atoms with Crippen LogP contribution in [0.1, 0.15) is 61.2 Å². The number of hydrogen-bond donors (Lipinski definition) is 0. The van der Waals surface area contributed by atoms with Gasteiger partial charge >= 0.3 is 0 Å². The Labute approximate surface area is 179 Å². The molecular formula is C24H32N4O2. The molecule has 1 aromatic carbocycles. The maximum atomic E-state index is 12.2. The van der Waals surface area contributed by atoms with Gasteiger partial charge in [-0.1, -0.05) is 19.1 Å². The lowest BCUT2D eigenvalue weighted by Gasteiger charge is -2.34. The summed E-state index contributed by atoms with van der Waals surface area (Å²) in [6, 6.07) is 8.25. The molecule has 1 atom stereocenters. The molecule has 1 aromatic heterocycles. The number of amides is 1. The molecule has 4 rings (SSSR count). The highest BCUT2D eigenvalue weighted by Gasteiger charge is 2.29. The summed E-state index contributed by atoms with van der Waals surface area (Å²) in [6.45, 7) is 7.44. The zero-order valence-electron chi connectivity index (χ0n) is 18.4. The third-order valence-electron chi connectivity index (χ3n) is 6.31. The Balaban J connectivity index is 1.61. The van der Waals surface area contributed by atoms with Crippen LogP contribution in [-0.4, -0.2) is 47.5 Å². The van der Waals surface area contributed by atoms with E-state index >= 15 is 0 Å². The molecule has 3 heterocycles. The van der Waals surface area contributed by atoms with E-state index in [9.17, 15) is 4.79 Å². The molecule has 2 aliphatic rings. The number of carbonyl (C=O) groups excluding carboxylic acids is 1. The van der Waals surface area contributed by atoms with Crippen LogP contribution in [0.4, 0.5) is 5.82 Å². The standard InChI is InChI=1S/C24H32N4O2/c1-4-22(29)27-12-6-9-19(16-27)23-25-17(2)21-11-7-13-28(24(21)26-23)15-18-8-5-10-20(14-18)30-3/h5,8,10,14,19H,4,6-7,9,11-13,15-16H2,1-3H3. The van der Waals surface area contributed by atoms with Gasteiger partial charge in [0.05, 0.1) is 7.11 Å². The summed E-state index contributed by atoms with van der Waals surface area (Å²) in [5, 5.41) is 0. The van der Waals surface area contributed by atoms with Crippen molar-refractivity contribution in [1.29, 1.82) is 0 Å². The summed E-state index contributed by atoms with van der Waals surface area (Å²) >= 11 is 0. The number of methoxy groups -OCH3 is 1. The largest absolute Gasteiger partial charge is 0.497 e. The summed E-state index contributed by atoms with van der Waals surface area (Å²) in [4.78, 5) is 26.6. The van der Waals surface area contributed by atoms with Crippen molar-refractivity contribution in [3.05, 3.63) is 46.9 Å². The van der Waals surface area contributed by atoms with Crippen LogP contribution in [0.5, 0.6) is 5.75 Å². The van der Waals surface area contributed by atoms with E-state index in [4.69, 9.17) is 14.7 Å². The highest BCUT2D eigenvalue weighted by molar-refractivity contribution is 5.76. The number of benzene rings is 1. The Bertz CT molecular complexity index is 914. The van der Waals surface area contributed by atoms with Gasteiger partial charge in [-0.2, -0.15) is 0 Å². The lowest BCUT2D eigenvalue weighted by molar-refractivity contribution is -0.132. The number of aromatic nitrogens is 2. The first kappa shape index (κ1) is 20.6. The molecule has 2 aliphatic heterocycles. The van der Waals surface area contributed by atoms with E-state index in [2.05, 4.69) is 24.0 Å². The Kier molecular flexibility index (Phi) is 6.21. The monoisotopic (exact) mass is 408 g/mol. The highest BCUT2D eigenvalue weighted by Crippen LogP contribution is 2.32. The van der Waals surface area contributed by atoms with E-state index in [1.54, 1.807) is 7.11 Å². The molecule has 0 saturated carbocycles. The van der Waals surface area contributed by atoms with Crippen LogP contribution < -0.4 is 9.64 Å². The first-order chi connectivity index (χ1) is 14.6. The average Bonchev–Trinajstić information content (AvgIpc) is 2.79. The predicted molar refractivity (Wildman–Crippen MR) is 118 cm³/mol. The molecular weight excluding hydrogens is 376 g/mol. The van der Waals surface area contributed by atoms with Crippen LogP contribution in [0.3, 0.4) is 0 Å². The van der Waals surface area contributed by atoms with E-state index in [1.807, 2.05) is 24.0 Å². The van der Waals surface area contributed by atoms with E-state index in [1.165, 1.54) is 11.1 Å². The first-order valence-corrected chi connectivity index (χ1v) is 11.1. The van der Waals surface area contributed by atoms with E-state index < -0.39 is 0 Å². The zero-order valence-corrected chi connectivity index (χ0v) is 18.4. The Morgan fingerprint density at radius 2 is 2.10 bits per heavy atom. The number of hydrogen-bond acceptors (Lipinski definition) is 5. The van der Waals surface area contributed by atoms with Gasteiger partial charge < -0.3 is 14.5 Å². The Hall–Kier alpha value is -2.63. The molecule has 0 N–H and O–H groups in total. The number of piperidine rings is 1. The minimum absolute atomic E-state index is 0.221. The second kappa shape index (κ2) is 9.02. The van der Waals surface area contributed by atoms with Gasteiger partial charge in [-0.15, -0.1) is 0 Å². The van der Waals surface area contributed by atoms with Gasteiger partial charge in [0.1, 0.15) is 17.4 Å². The third-order valence-corrected chi connectivity index (χ3v) is 6.31. The number of anilines is 1. The number of fused-ring (bicyclic) bond motifs is 1. The van der Waals surface area contributed by atoms with Crippen molar-refractivity contribution in [2.75, 3.05) is 31.6 Å². The van der Waals surface area contributed by atoms with Gasteiger partial charge in [-0.05, 0) is 50.3 Å². The zero-order chi connectivity index (χ0) is 21.1. The van der Waals surface area contributed by atoms with Gasteiger partial charge in [0.15, 0.2) is 0 Å². The molecule has 1 fully saturated rings. The lowest BCUT2D eigenvalue weighted by Crippen LogP contribution is -2.39. The minimum Gasteiger partial charge on any atom is -0.497 e. The SMILES string of the molecule is CCC(=O)N1CCCC(c2nc(C)c3c(n2)N(Cc2cccc(OC)c2)CCC3)C1. The Morgan fingerprint density at radius 3 is 2.90 bits per heavy atom. The fraction of sp³-hybridized carbons (Fsp3) is 0.542. The number of carbonyl (C=O) groups is 1. The third kappa shape index (κ3) is 4.27. The van der Waals surface area contributed by atoms with E-state index in [0.29, 0.717) is 6.42 Å². The maximum absolute atomic E-state index is 12.2. The first-order valence-electron chi connectivity index (χ1n) is 11.1. The molecule has 30 heavy (non-hydrogen) atoms. The smallest absolute Gasteiger partial charge is 0.222 e. The number of likely N-dealkylation sites (tertiary alicyclic amines) is 1. The van der Waals surface area contributed by atoms with E-state index in [-0.39, 0.29) is 11.8 Å².